The summed E-state index contributed by atoms with van der Waals surface area (Å²) in [7, 11) is 0. The highest BCUT2D eigenvalue weighted by Crippen LogP contribution is 2.27. The minimum absolute atomic E-state index is 0.00315. The molecular weight excluding hydrogens is 220 g/mol. The molecule has 6 heteroatoms. The minimum Gasteiger partial charge on any atom is -0.346 e. The van der Waals surface area contributed by atoms with Gasteiger partial charge in [-0.3, -0.25) is 4.79 Å². The van der Waals surface area contributed by atoms with Crippen LogP contribution in [-0.4, -0.2) is 28.5 Å². The van der Waals surface area contributed by atoms with Gasteiger partial charge in [0.2, 0.25) is 0 Å². The predicted octanol–water partition coefficient (Wildman–Crippen LogP) is -0.0497. The molecule has 17 heavy (non-hydrogen) atoms. The molecule has 1 aliphatic carbocycles. The van der Waals surface area contributed by atoms with E-state index in [2.05, 4.69) is 15.3 Å². The number of carbonyl (C=O) groups is 1. The van der Waals surface area contributed by atoms with Gasteiger partial charge in [-0.15, -0.1) is 0 Å². The van der Waals surface area contributed by atoms with Crippen molar-refractivity contribution >= 4 is 5.91 Å². The molecule has 2 rings (SSSR count). The second-order valence-corrected chi connectivity index (χ2v) is 4.52. The number of imidazole rings is 1. The lowest BCUT2D eigenvalue weighted by molar-refractivity contribution is 0.0919. The monoisotopic (exact) mass is 238 g/mol. The highest BCUT2D eigenvalue weighted by atomic mass is 16.2. The molecule has 1 amide bonds. The summed E-state index contributed by atoms with van der Waals surface area (Å²) in [5.74, 6) is 0.195. The average Bonchev–Trinajstić information content (AvgIpc) is 2.96. The molecule has 1 saturated carbocycles. The number of nitrogens with one attached hydrogen (secondary N) is 3. The second-order valence-electron chi connectivity index (χ2n) is 4.52. The smallest absolute Gasteiger partial charge is 0.323 e. The fraction of sp³-hybridized carbons (Fsp3) is 0.636. The summed E-state index contributed by atoms with van der Waals surface area (Å²) in [5.41, 5.74) is 5.57. The molecule has 1 atom stereocenters. The quantitative estimate of drug-likeness (QED) is 0.591. The Morgan fingerprint density at radius 2 is 2.24 bits per heavy atom. The lowest BCUT2D eigenvalue weighted by Crippen LogP contribution is -2.44. The van der Waals surface area contributed by atoms with Gasteiger partial charge in [-0.25, -0.2) is 4.79 Å². The summed E-state index contributed by atoms with van der Waals surface area (Å²) >= 11 is 0. The number of hydrogen-bond acceptors (Lipinski definition) is 3. The van der Waals surface area contributed by atoms with E-state index >= 15 is 0 Å². The maximum Gasteiger partial charge on any atom is 0.323 e. The number of carbonyl (C=O) groups excluding carboxylic acids is 1. The average molecular weight is 238 g/mol. The van der Waals surface area contributed by atoms with E-state index in [1.807, 2.05) is 0 Å². The van der Waals surface area contributed by atoms with Crippen LogP contribution in [0.2, 0.25) is 0 Å². The first-order valence-corrected chi connectivity index (χ1v) is 5.99. The van der Waals surface area contributed by atoms with Crippen molar-refractivity contribution in [1.82, 2.24) is 15.3 Å². The van der Waals surface area contributed by atoms with Gasteiger partial charge in [-0.2, -0.15) is 0 Å². The largest absolute Gasteiger partial charge is 0.346 e. The molecule has 0 aromatic carbocycles. The Morgan fingerprint density at radius 1 is 1.53 bits per heavy atom. The van der Waals surface area contributed by atoms with Crippen molar-refractivity contribution in [3.05, 3.63) is 22.4 Å². The molecule has 0 bridgehead atoms. The van der Waals surface area contributed by atoms with Crippen molar-refractivity contribution < 1.29 is 4.79 Å². The van der Waals surface area contributed by atoms with Crippen molar-refractivity contribution in [3.8, 4) is 0 Å². The lowest BCUT2D eigenvalue weighted by atomic mass is 9.98. The summed E-state index contributed by atoms with van der Waals surface area (Å²) in [5, 5.41) is 2.88. The van der Waals surface area contributed by atoms with Crippen LogP contribution in [0.15, 0.2) is 11.0 Å². The topological polar surface area (TPSA) is 104 Å². The van der Waals surface area contributed by atoms with Gasteiger partial charge < -0.3 is 21.0 Å². The normalized spacial score (nSPS) is 18.2. The van der Waals surface area contributed by atoms with Gasteiger partial charge in [0.05, 0.1) is 0 Å². The molecule has 0 aliphatic heterocycles. The number of hydrogen-bond donors (Lipinski definition) is 4. The van der Waals surface area contributed by atoms with Crippen LogP contribution >= 0.6 is 0 Å². The molecule has 6 nitrogen and oxygen atoms in total. The van der Waals surface area contributed by atoms with Gasteiger partial charge in [-0.05, 0) is 18.8 Å². The van der Waals surface area contributed by atoms with E-state index in [-0.39, 0.29) is 23.3 Å². The van der Waals surface area contributed by atoms with Crippen LogP contribution in [0, 0.1) is 5.92 Å². The Kier molecular flexibility index (Phi) is 3.63. The molecule has 0 radical (unpaired) electrons. The van der Waals surface area contributed by atoms with Crippen LogP contribution in [-0.2, 0) is 0 Å². The zero-order valence-corrected chi connectivity index (χ0v) is 9.66. The molecule has 1 aliphatic rings. The molecule has 94 valence electrons. The molecule has 1 unspecified atom stereocenters. The molecule has 0 spiro atoms. The molecule has 0 saturated heterocycles. The Hall–Kier alpha value is -1.56. The summed E-state index contributed by atoms with van der Waals surface area (Å²) in [4.78, 5) is 27.6. The lowest BCUT2D eigenvalue weighted by Gasteiger charge is -2.22. The van der Waals surface area contributed by atoms with Gasteiger partial charge in [0, 0.05) is 18.8 Å². The molecule has 5 N–H and O–H groups in total. The number of amides is 1. The van der Waals surface area contributed by atoms with Crippen LogP contribution in [0.25, 0.3) is 0 Å². The fourth-order valence-corrected chi connectivity index (χ4v) is 2.43. The Labute approximate surface area is 99.0 Å². The van der Waals surface area contributed by atoms with Gasteiger partial charge in [0.1, 0.15) is 5.69 Å². The maximum atomic E-state index is 11.8. The molecule has 1 fully saturated rings. The summed E-state index contributed by atoms with van der Waals surface area (Å²) in [6.07, 6.45) is 6.02. The number of H-pyrrole nitrogens is 2. The van der Waals surface area contributed by atoms with Crippen molar-refractivity contribution in [2.45, 2.75) is 31.7 Å². The van der Waals surface area contributed by atoms with E-state index < -0.39 is 0 Å². The zero-order valence-electron chi connectivity index (χ0n) is 9.66. The summed E-state index contributed by atoms with van der Waals surface area (Å²) in [6.45, 7) is 0.436. The van der Waals surface area contributed by atoms with Gasteiger partial charge in [0.25, 0.3) is 5.91 Å². The van der Waals surface area contributed by atoms with Gasteiger partial charge in [-0.1, -0.05) is 12.8 Å². The molecule has 1 aromatic heterocycles. The first-order chi connectivity index (χ1) is 8.20. The zero-order chi connectivity index (χ0) is 12.3. The first-order valence-electron chi connectivity index (χ1n) is 5.99. The molecule has 1 aromatic rings. The minimum atomic E-state index is -0.375. The van der Waals surface area contributed by atoms with Gasteiger partial charge >= 0.3 is 5.69 Å². The van der Waals surface area contributed by atoms with Crippen molar-refractivity contribution in [1.29, 1.82) is 0 Å². The number of nitrogens with two attached hydrogens (primary N) is 1. The van der Waals surface area contributed by atoms with Crippen molar-refractivity contribution in [2.75, 3.05) is 6.54 Å². The van der Waals surface area contributed by atoms with Gasteiger partial charge in [0.15, 0.2) is 0 Å². The third-order valence-electron chi connectivity index (χ3n) is 3.38. The van der Waals surface area contributed by atoms with E-state index in [1.165, 1.54) is 19.0 Å². The van der Waals surface area contributed by atoms with Crippen LogP contribution in [0.4, 0.5) is 0 Å². The van der Waals surface area contributed by atoms with E-state index in [0.717, 1.165) is 12.8 Å². The molecular formula is C11H18N4O2. The number of aromatic amines is 2. The Bertz CT molecular complexity index is 431. The first kappa shape index (κ1) is 11.9. The Balaban J connectivity index is 1.98. The van der Waals surface area contributed by atoms with E-state index in [1.54, 1.807) is 0 Å². The highest BCUT2D eigenvalue weighted by Gasteiger charge is 2.25. The van der Waals surface area contributed by atoms with E-state index in [0.29, 0.717) is 12.5 Å². The number of aromatic nitrogens is 2. The Morgan fingerprint density at radius 3 is 2.76 bits per heavy atom. The fourth-order valence-electron chi connectivity index (χ4n) is 2.43. The summed E-state index contributed by atoms with van der Waals surface area (Å²) < 4.78 is 0. The van der Waals surface area contributed by atoms with Crippen LogP contribution < -0.4 is 16.7 Å². The highest BCUT2D eigenvalue weighted by molar-refractivity contribution is 5.92. The second kappa shape index (κ2) is 5.18. The predicted molar refractivity (Wildman–Crippen MR) is 63.7 cm³/mol. The van der Waals surface area contributed by atoms with E-state index in [4.69, 9.17) is 5.73 Å². The van der Waals surface area contributed by atoms with Crippen molar-refractivity contribution in [2.24, 2.45) is 11.7 Å². The van der Waals surface area contributed by atoms with Crippen LogP contribution in [0.3, 0.4) is 0 Å². The molecule has 1 heterocycles. The summed E-state index contributed by atoms with van der Waals surface area (Å²) in [6, 6.07) is 0.00315. The standard InChI is InChI=1S/C11H18N4O2/c12-5-8(7-3-1-2-4-7)14-10(16)9-6-13-11(17)15-9/h6-8H,1-5,12H2,(H,14,16)(H2,13,15,17). The maximum absolute atomic E-state index is 11.8. The van der Waals surface area contributed by atoms with Crippen LogP contribution in [0.5, 0.6) is 0 Å². The third-order valence-corrected chi connectivity index (χ3v) is 3.38. The van der Waals surface area contributed by atoms with Crippen molar-refractivity contribution in [3.63, 3.8) is 0 Å². The van der Waals surface area contributed by atoms with Crippen LogP contribution in [0.1, 0.15) is 36.2 Å². The third kappa shape index (κ3) is 2.76. The van der Waals surface area contributed by atoms with E-state index in [9.17, 15) is 9.59 Å². The number of rotatable bonds is 4. The SMILES string of the molecule is NCC(NC(=O)c1c[nH]c(=O)[nH]1)C1CCCC1.